The number of pyridine rings is 2. The molecule has 0 fully saturated rings. The van der Waals surface area contributed by atoms with E-state index in [9.17, 15) is 5.21 Å². The van der Waals surface area contributed by atoms with Crippen molar-refractivity contribution in [3.05, 3.63) is 102 Å². The molecule has 0 aliphatic rings. The lowest BCUT2D eigenvalue weighted by Crippen LogP contribution is -2.31. The van der Waals surface area contributed by atoms with E-state index >= 15 is 0 Å². The highest BCUT2D eigenvalue weighted by atomic mass is 16.5. The lowest BCUT2D eigenvalue weighted by molar-refractivity contribution is -0.583. The van der Waals surface area contributed by atoms with Crippen LogP contribution in [-0.2, 0) is 0 Å². The van der Waals surface area contributed by atoms with Crippen LogP contribution < -0.4 is 4.73 Å². The van der Waals surface area contributed by atoms with Crippen LogP contribution in [0.25, 0.3) is 44.1 Å². The predicted molar refractivity (Wildman–Crippen MR) is 119 cm³/mol. The van der Waals surface area contributed by atoms with Gasteiger partial charge in [0.2, 0.25) is 0 Å². The minimum atomic E-state index is 0.627. The molecule has 0 aliphatic carbocycles. The number of hydrogen-bond donors (Lipinski definition) is 0. The number of hydrogen-bond acceptors (Lipinski definition) is 2. The van der Waals surface area contributed by atoms with Gasteiger partial charge in [-0.1, -0.05) is 66.7 Å². The molecule has 5 aromatic rings. The molecule has 0 radical (unpaired) electrons. The lowest BCUT2D eigenvalue weighted by atomic mass is 9.95. The van der Waals surface area contributed by atoms with Crippen molar-refractivity contribution in [2.45, 2.75) is 13.8 Å². The summed E-state index contributed by atoms with van der Waals surface area (Å²) in [6.07, 6.45) is 0. The SMILES string of the molecule is Cc1cc(-c2ccccc2)c2ccc3c(-c4ccccc4)cc(C)[n+]([O-])c3c2n1. The first kappa shape index (κ1) is 17.4. The van der Waals surface area contributed by atoms with Gasteiger partial charge >= 0.3 is 0 Å². The van der Waals surface area contributed by atoms with E-state index in [-0.39, 0.29) is 0 Å². The van der Waals surface area contributed by atoms with Gasteiger partial charge in [0.15, 0.2) is 5.69 Å². The van der Waals surface area contributed by atoms with Crippen molar-refractivity contribution in [1.82, 2.24) is 4.98 Å². The van der Waals surface area contributed by atoms with Gasteiger partial charge in [0.05, 0.1) is 5.39 Å². The first-order valence-corrected chi connectivity index (χ1v) is 9.71. The molecule has 0 aliphatic heterocycles. The number of aryl methyl sites for hydroxylation is 2. The summed E-state index contributed by atoms with van der Waals surface area (Å²) in [6, 6.07) is 28.6. The number of rotatable bonds is 2. The Balaban J connectivity index is 1.93. The number of nitrogens with zero attached hydrogens (tertiary/aromatic N) is 2. The molecular formula is C26H20N2O. The maximum absolute atomic E-state index is 13.2. The van der Waals surface area contributed by atoms with Crippen molar-refractivity contribution in [2.75, 3.05) is 0 Å². The molecule has 2 aromatic heterocycles. The fraction of sp³-hybridized carbons (Fsp3) is 0.0769. The third kappa shape index (κ3) is 2.83. The molecule has 0 N–H and O–H groups in total. The summed E-state index contributed by atoms with van der Waals surface area (Å²) >= 11 is 0. The smallest absolute Gasteiger partial charge is 0.251 e. The molecule has 0 amide bonds. The zero-order valence-corrected chi connectivity index (χ0v) is 16.4. The molecule has 29 heavy (non-hydrogen) atoms. The standard InChI is InChI=1S/C26H20N2O/c1-17-15-23(19-9-5-3-6-10-19)21-13-14-22-24(20-11-7-4-8-12-20)16-18(2)28(29)26(22)25(21)27-17/h3-16H,1-2H3. The molecule has 0 atom stereocenters. The van der Waals surface area contributed by atoms with Crippen LogP contribution in [0.2, 0.25) is 0 Å². The van der Waals surface area contributed by atoms with Crippen LogP contribution in [0, 0.1) is 19.1 Å². The van der Waals surface area contributed by atoms with Crippen LogP contribution in [0.1, 0.15) is 11.4 Å². The molecule has 0 unspecified atom stereocenters. The second kappa shape index (κ2) is 6.71. The highest BCUT2D eigenvalue weighted by Crippen LogP contribution is 2.35. The number of aromatic nitrogens is 2. The lowest BCUT2D eigenvalue weighted by Gasteiger charge is -2.14. The van der Waals surface area contributed by atoms with E-state index < -0.39 is 0 Å². The van der Waals surface area contributed by atoms with E-state index in [0.29, 0.717) is 11.2 Å². The van der Waals surface area contributed by atoms with Gasteiger partial charge in [0.25, 0.3) is 5.52 Å². The van der Waals surface area contributed by atoms with Gasteiger partial charge in [-0.25, -0.2) is 4.98 Å². The Labute approximate surface area is 169 Å². The Hall–Kier alpha value is -3.72. The van der Waals surface area contributed by atoms with Crippen LogP contribution in [0.15, 0.2) is 84.9 Å². The molecular weight excluding hydrogens is 356 g/mol. The maximum Gasteiger partial charge on any atom is 0.251 e. The zero-order valence-electron chi connectivity index (χ0n) is 16.4. The van der Waals surface area contributed by atoms with Crippen LogP contribution >= 0.6 is 0 Å². The van der Waals surface area contributed by atoms with Crippen molar-refractivity contribution < 1.29 is 4.73 Å². The Morgan fingerprint density at radius 3 is 1.86 bits per heavy atom. The van der Waals surface area contributed by atoms with E-state index in [2.05, 4.69) is 42.5 Å². The van der Waals surface area contributed by atoms with Crippen LogP contribution in [0.5, 0.6) is 0 Å². The first-order valence-electron chi connectivity index (χ1n) is 9.71. The van der Waals surface area contributed by atoms with Crippen molar-refractivity contribution >= 4 is 21.8 Å². The second-order valence-electron chi connectivity index (χ2n) is 7.39. The summed E-state index contributed by atoms with van der Waals surface area (Å²) in [4.78, 5) is 4.81. The molecule has 0 saturated heterocycles. The summed E-state index contributed by atoms with van der Waals surface area (Å²) < 4.78 is 1.02. The Kier molecular flexibility index (Phi) is 4.02. The second-order valence-corrected chi connectivity index (χ2v) is 7.39. The summed E-state index contributed by atoms with van der Waals surface area (Å²) in [6.45, 7) is 3.83. The fourth-order valence-electron chi connectivity index (χ4n) is 4.06. The van der Waals surface area contributed by atoms with Gasteiger partial charge < -0.3 is 5.21 Å². The third-order valence-electron chi connectivity index (χ3n) is 5.42. The third-order valence-corrected chi connectivity index (χ3v) is 5.42. The minimum Gasteiger partial charge on any atom is -0.618 e. The van der Waals surface area contributed by atoms with Crippen LogP contribution in [0.4, 0.5) is 0 Å². The first-order chi connectivity index (χ1) is 14.1. The topological polar surface area (TPSA) is 39.8 Å². The summed E-state index contributed by atoms with van der Waals surface area (Å²) in [7, 11) is 0. The van der Waals surface area contributed by atoms with Gasteiger partial charge in [0, 0.05) is 29.6 Å². The normalized spacial score (nSPS) is 11.2. The van der Waals surface area contributed by atoms with Gasteiger partial charge in [-0.3, -0.25) is 0 Å². The Morgan fingerprint density at radius 1 is 0.690 bits per heavy atom. The van der Waals surface area contributed by atoms with E-state index in [1.807, 2.05) is 56.3 Å². The van der Waals surface area contributed by atoms with Crippen molar-refractivity contribution in [3.63, 3.8) is 0 Å². The van der Waals surface area contributed by atoms with Crippen LogP contribution in [-0.4, -0.2) is 4.98 Å². The Bertz CT molecular complexity index is 1360. The predicted octanol–water partition coefficient (Wildman–Crippen LogP) is 5.97. The number of fused-ring (bicyclic) bond motifs is 3. The highest BCUT2D eigenvalue weighted by molar-refractivity contribution is 6.10. The highest BCUT2D eigenvalue weighted by Gasteiger charge is 2.20. The average Bonchev–Trinajstić information content (AvgIpc) is 2.76. The van der Waals surface area contributed by atoms with E-state index in [1.54, 1.807) is 0 Å². The van der Waals surface area contributed by atoms with Gasteiger partial charge in [-0.15, -0.1) is 0 Å². The van der Waals surface area contributed by atoms with Gasteiger partial charge in [-0.05, 0) is 35.7 Å². The van der Waals surface area contributed by atoms with Crippen molar-refractivity contribution in [3.8, 4) is 22.3 Å². The Morgan fingerprint density at radius 2 is 1.24 bits per heavy atom. The van der Waals surface area contributed by atoms with Gasteiger partial charge in [-0.2, -0.15) is 4.73 Å². The molecule has 3 aromatic carbocycles. The molecule has 0 saturated carbocycles. The van der Waals surface area contributed by atoms with E-state index in [0.717, 1.165) is 49.0 Å². The van der Waals surface area contributed by atoms with Crippen molar-refractivity contribution in [2.24, 2.45) is 0 Å². The molecule has 140 valence electrons. The van der Waals surface area contributed by atoms with Crippen molar-refractivity contribution in [1.29, 1.82) is 0 Å². The van der Waals surface area contributed by atoms with Crippen LogP contribution in [0.3, 0.4) is 0 Å². The average molecular weight is 376 g/mol. The van der Waals surface area contributed by atoms with Gasteiger partial charge in [0.1, 0.15) is 5.52 Å². The fourth-order valence-corrected chi connectivity index (χ4v) is 4.06. The largest absolute Gasteiger partial charge is 0.618 e. The quantitative estimate of drug-likeness (QED) is 0.216. The zero-order chi connectivity index (χ0) is 20.0. The molecule has 2 heterocycles. The van der Waals surface area contributed by atoms with E-state index in [1.165, 1.54) is 0 Å². The maximum atomic E-state index is 13.2. The van der Waals surface area contributed by atoms with E-state index in [4.69, 9.17) is 4.98 Å². The molecule has 0 bridgehead atoms. The molecule has 3 heteroatoms. The summed E-state index contributed by atoms with van der Waals surface area (Å²) in [5.41, 5.74) is 7.29. The molecule has 3 nitrogen and oxygen atoms in total. The number of benzene rings is 3. The summed E-state index contributed by atoms with van der Waals surface area (Å²) in [5.74, 6) is 0. The summed E-state index contributed by atoms with van der Waals surface area (Å²) in [5, 5.41) is 15.1. The minimum absolute atomic E-state index is 0.627. The molecule has 0 spiro atoms. The monoisotopic (exact) mass is 376 g/mol. The molecule has 5 rings (SSSR count).